The molecule has 88 valence electrons. The monoisotopic (exact) mass is 249 g/mol. The third-order valence-corrected chi connectivity index (χ3v) is 2.46. The molecule has 0 fully saturated rings. The molecule has 0 saturated carbocycles. The zero-order chi connectivity index (χ0) is 12.3. The SMILES string of the molecule is NC1=NCN(N)C(C=Cc2ccc(Cl)cc2)=N1. The largest absolute Gasteiger partial charge is 0.368 e. The number of nitrogens with zero attached hydrogens (tertiary/aromatic N) is 3. The van der Waals surface area contributed by atoms with Crippen LogP contribution in [-0.2, 0) is 0 Å². The Balaban J connectivity index is 2.15. The quantitative estimate of drug-likeness (QED) is 0.774. The Morgan fingerprint density at radius 1 is 1.24 bits per heavy atom. The lowest BCUT2D eigenvalue weighted by Gasteiger charge is -2.19. The van der Waals surface area contributed by atoms with Crippen LogP contribution >= 0.6 is 11.6 Å². The Bertz CT molecular complexity index is 489. The molecule has 0 unspecified atom stereocenters. The molecule has 17 heavy (non-hydrogen) atoms. The number of hydrazine groups is 1. The van der Waals surface area contributed by atoms with E-state index in [1.54, 1.807) is 6.08 Å². The van der Waals surface area contributed by atoms with Crippen molar-refractivity contribution in [1.82, 2.24) is 5.01 Å². The van der Waals surface area contributed by atoms with E-state index in [-0.39, 0.29) is 5.96 Å². The minimum Gasteiger partial charge on any atom is -0.368 e. The Labute approximate surface area is 104 Å². The molecule has 6 heteroatoms. The lowest BCUT2D eigenvalue weighted by molar-refractivity contribution is 0.452. The fraction of sp³-hybridized carbons (Fsp3) is 0.0909. The summed E-state index contributed by atoms with van der Waals surface area (Å²) >= 11 is 5.79. The lowest BCUT2D eigenvalue weighted by Crippen LogP contribution is -2.40. The summed E-state index contributed by atoms with van der Waals surface area (Å²) in [6.07, 6.45) is 3.67. The summed E-state index contributed by atoms with van der Waals surface area (Å²) in [5.74, 6) is 6.51. The Hall–Kier alpha value is -1.85. The van der Waals surface area contributed by atoms with Gasteiger partial charge in [-0.1, -0.05) is 29.8 Å². The van der Waals surface area contributed by atoms with E-state index < -0.39 is 0 Å². The number of amidine groups is 1. The van der Waals surface area contributed by atoms with Crippen molar-refractivity contribution in [2.45, 2.75) is 0 Å². The first-order valence-corrected chi connectivity index (χ1v) is 5.37. The van der Waals surface area contributed by atoms with Gasteiger partial charge in [0, 0.05) is 5.02 Å². The smallest absolute Gasteiger partial charge is 0.219 e. The lowest BCUT2D eigenvalue weighted by atomic mass is 10.2. The predicted molar refractivity (Wildman–Crippen MR) is 70.4 cm³/mol. The van der Waals surface area contributed by atoms with Crippen LogP contribution in [0, 0.1) is 0 Å². The number of guanidine groups is 1. The highest BCUT2D eigenvalue weighted by Crippen LogP contribution is 2.11. The molecule has 5 nitrogen and oxygen atoms in total. The van der Waals surface area contributed by atoms with E-state index in [1.807, 2.05) is 30.3 Å². The van der Waals surface area contributed by atoms with Crippen molar-refractivity contribution < 1.29 is 0 Å². The predicted octanol–water partition coefficient (Wildman–Crippen LogP) is 1.21. The maximum absolute atomic E-state index is 5.79. The second-order valence-corrected chi connectivity index (χ2v) is 3.92. The molecule has 1 aromatic rings. The van der Waals surface area contributed by atoms with Crippen LogP contribution in [0.25, 0.3) is 6.08 Å². The average Bonchev–Trinajstić information content (AvgIpc) is 2.32. The minimum atomic E-state index is 0.238. The van der Waals surface area contributed by atoms with E-state index in [0.29, 0.717) is 17.5 Å². The van der Waals surface area contributed by atoms with Crippen molar-refractivity contribution in [3.05, 3.63) is 40.9 Å². The molecule has 0 saturated heterocycles. The van der Waals surface area contributed by atoms with Crippen LogP contribution in [-0.4, -0.2) is 23.5 Å². The molecule has 0 spiro atoms. The van der Waals surface area contributed by atoms with E-state index in [1.165, 1.54) is 5.01 Å². The van der Waals surface area contributed by atoms with Crippen molar-refractivity contribution in [2.75, 3.05) is 6.67 Å². The van der Waals surface area contributed by atoms with Crippen LogP contribution in [0.3, 0.4) is 0 Å². The summed E-state index contributed by atoms with van der Waals surface area (Å²) < 4.78 is 0. The Kier molecular flexibility index (Phi) is 3.41. The topological polar surface area (TPSA) is 80.0 Å². The van der Waals surface area contributed by atoms with Crippen LogP contribution in [0.5, 0.6) is 0 Å². The van der Waals surface area contributed by atoms with Crippen molar-refractivity contribution in [2.24, 2.45) is 21.6 Å². The fourth-order valence-corrected chi connectivity index (χ4v) is 1.44. The number of nitrogens with two attached hydrogens (primary N) is 2. The maximum Gasteiger partial charge on any atom is 0.219 e. The van der Waals surface area contributed by atoms with Gasteiger partial charge in [0.2, 0.25) is 5.96 Å². The Morgan fingerprint density at radius 2 is 1.94 bits per heavy atom. The number of aliphatic imine (C=N–C) groups is 2. The third kappa shape index (κ3) is 3.05. The first-order chi connectivity index (χ1) is 8.15. The van der Waals surface area contributed by atoms with Crippen LogP contribution in [0.1, 0.15) is 5.56 Å². The first-order valence-electron chi connectivity index (χ1n) is 4.99. The summed E-state index contributed by atoms with van der Waals surface area (Å²) in [5.41, 5.74) is 6.51. The zero-order valence-electron chi connectivity index (χ0n) is 9.05. The average molecular weight is 250 g/mol. The molecule has 1 aliphatic heterocycles. The van der Waals surface area contributed by atoms with Crippen LogP contribution in [0.15, 0.2) is 40.3 Å². The highest BCUT2D eigenvalue weighted by molar-refractivity contribution is 6.30. The third-order valence-electron chi connectivity index (χ3n) is 2.20. The van der Waals surface area contributed by atoms with Gasteiger partial charge in [0.1, 0.15) is 12.5 Å². The number of hydrogen-bond donors (Lipinski definition) is 2. The zero-order valence-corrected chi connectivity index (χ0v) is 9.80. The molecule has 1 aliphatic rings. The molecule has 0 amide bonds. The molecule has 2 rings (SSSR count). The first kappa shape index (κ1) is 11.6. The molecular formula is C11H12ClN5. The number of rotatable bonds is 2. The van der Waals surface area contributed by atoms with Gasteiger partial charge in [-0.25, -0.2) is 10.8 Å². The molecule has 1 aromatic carbocycles. The highest BCUT2D eigenvalue weighted by atomic mass is 35.5. The molecule has 1 heterocycles. The molecule has 0 aromatic heterocycles. The van der Waals surface area contributed by atoms with Crippen molar-refractivity contribution >= 4 is 29.5 Å². The van der Waals surface area contributed by atoms with Gasteiger partial charge < -0.3 is 5.73 Å². The molecule has 4 N–H and O–H groups in total. The second kappa shape index (κ2) is 4.99. The van der Waals surface area contributed by atoms with E-state index in [0.717, 1.165) is 5.56 Å². The second-order valence-electron chi connectivity index (χ2n) is 3.48. The summed E-state index contributed by atoms with van der Waals surface area (Å²) in [6, 6.07) is 7.45. The van der Waals surface area contributed by atoms with Gasteiger partial charge in [0.25, 0.3) is 0 Å². The van der Waals surface area contributed by atoms with Gasteiger partial charge in [0.05, 0.1) is 0 Å². The van der Waals surface area contributed by atoms with Gasteiger partial charge in [0.15, 0.2) is 0 Å². The maximum atomic E-state index is 5.79. The highest BCUT2D eigenvalue weighted by Gasteiger charge is 2.08. The fourth-order valence-electron chi connectivity index (χ4n) is 1.32. The van der Waals surface area contributed by atoms with Crippen LogP contribution < -0.4 is 11.6 Å². The molecule has 0 bridgehead atoms. The Morgan fingerprint density at radius 3 is 2.65 bits per heavy atom. The molecule has 0 aliphatic carbocycles. The molecular weight excluding hydrogens is 238 g/mol. The van der Waals surface area contributed by atoms with Gasteiger partial charge >= 0.3 is 0 Å². The summed E-state index contributed by atoms with van der Waals surface area (Å²) in [7, 11) is 0. The molecule has 0 atom stereocenters. The summed E-state index contributed by atoms with van der Waals surface area (Å²) in [4.78, 5) is 7.91. The van der Waals surface area contributed by atoms with Crippen molar-refractivity contribution in [3.8, 4) is 0 Å². The standard InChI is InChI=1S/C11H12ClN5/c12-9-4-1-8(2-5-9)3-6-10-16-11(13)15-7-17(10)14/h1-6H,7,14H2,(H2,13,15). The normalized spacial score (nSPS) is 16.0. The number of benzene rings is 1. The molecule has 0 radical (unpaired) electrons. The van der Waals surface area contributed by atoms with E-state index in [2.05, 4.69) is 9.98 Å². The van der Waals surface area contributed by atoms with Gasteiger partial charge in [-0.15, -0.1) is 0 Å². The minimum absolute atomic E-state index is 0.238. The van der Waals surface area contributed by atoms with E-state index in [4.69, 9.17) is 23.2 Å². The number of halogens is 1. The van der Waals surface area contributed by atoms with E-state index >= 15 is 0 Å². The van der Waals surface area contributed by atoms with Gasteiger partial charge in [-0.2, -0.15) is 4.99 Å². The van der Waals surface area contributed by atoms with Crippen LogP contribution in [0.2, 0.25) is 5.02 Å². The van der Waals surface area contributed by atoms with E-state index in [9.17, 15) is 0 Å². The summed E-state index contributed by atoms with van der Waals surface area (Å²) in [5, 5.41) is 2.12. The van der Waals surface area contributed by atoms with Gasteiger partial charge in [-0.05, 0) is 23.8 Å². The summed E-state index contributed by atoms with van der Waals surface area (Å²) in [6.45, 7) is 0.315. The van der Waals surface area contributed by atoms with Crippen molar-refractivity contribution in [1.29, 1.82) is 0 Å². The van der Waals surface area contributed by atoms with Gasteiger partial charge in [-0.3, -0.25) is 5.01 Å². The van der Waals surface area contributed by atoms with Crippen molar-refractivity contribution in [3.63, 3.8) is 0 Å². The van der Waals surface area contributed by atoms with Crippen LogP contribution in [0.4, 0.5) is 0 Å². The number of hydrogen-bond acceptors (Lipinski definition) is 5.